The van der Waals surface area contributed by atoms with Crippen molar-refractivity contribution in [3.05, 3.63) is 54.0 Å². The molecule has 0 saturated carbocycles. The molecule has 128 valence electrons. The number of carbonyl (C=O) groups is 2. The van der Waals surface area contributed by atoms with Crippen LogP contribution < -0.4 is 21.3 Å². The third kappa shape index (κ3) is 4.58. The number of rotatable bonds is 7. The zero-order valence-corrected chi connectivity index (χ0v) is 13.1. The number of nitrogens with two attached hydrogens (primary N) is 1. The third-order valence-electron chi connectivity index (χ3n) is 3.31. The van der Waals surface area contributed by atoms with Crippen LogP contribution >= 0.6 is 0 Å². The van der Waals surface area contributed by atoms with Gasteiger partial charge in [0.2, 0.25) is 0 Å². The summed E-state index contributed by atoms with van der Waals surface area (Å²) < 4.78 is 10.5. The monoisotopic (exact) mass is 333 g/mol. The molecule has 0 saturated heterocycles. The first-order chi connectivity index (χ1) is 11.5. The Bertz CT molecular complexity index is 668. The van der Waals surface area contributed by atoms with Gasteiger partial charge in [0.25, 0.3) is 11.8 Å². The van der Waals surface area contributed by atoms with Crippen LogP contribution in [0.15, 0.2) is 47.3 Å². The third-order valence-corrected chi connectivity index (χ3v) is 3.31. The Morgan fingerprint density at radius 1 is 1.29 bits per heavy atom. The van der Waals surface area contributed by atoms with Gasteiger partial charge in [0, 0.05) is 17.2 Å². The highest BCUT2D eigenvalue weighted by Gasteiger charge is 2.24. The van der Waals surface area contributed by atoms with Crippen LogP contribution in [0.3, 0.4) is 0 Å². The summed E-state index contributed by atoms with van der Waals surface area (Å²) in [4.78, 5) is 23.6. The lowest BCUT2D eigenvalue weighted by molar-refractivity contribution is -0.131. The molecule has 24 heavy (non-hydrogen) atoms. The van der Waals surface area contributed by atoms with E-state index in [1.165, 1.54) is 5.48 Å². The standard InChI is InChI=1S/C16H19N3O5/c1-10(17)14(16(21)19-22)18-15(20)12-2-4-13(5-3-12)24-9-11-6-7-23-8-11/h2-8,10,14,22H,9,17H2,1H3,(H,18,20)(H,19,21)/t10-,14+/m1/s1. The molecule has 0 bridgehead atoms. The molecule has 2 aromatic rings. The van der Waals surface area contributed by atoms with Crippen LogP contribution in [0.25, 0.3) is 0 Å². The largest absolute Gasteiger partial charge is 0.489 e. The molecule has 1 aromatic heterocycles. The quantitative estimate of drug-likeness (QED) is 0.439. The Hall–Kier alpha value is -2.84. The SMILES string of the molecule is C[C@@H](N)[C@H](NC(=O)c1ccc(OCc2ccoc2)cc1)C(=O)NO. The van der Waals surface area contributed by atoms with Crippen LogP contribution in [0.4, 0.5) is 0 Å². The van der Waals surface area contributed by atoms with Gasteiger partial charge in [-0.1, -0.05) is 0 Å². The van der Waals surface area contributed by atoms with E-state index < -0.39 is 23.9 Å². The molecule has 2 amide bonds. The summed E-state index contributed by atoms with van der Waals surface area (Å²) in [5, 5.41) is 11.1. The van der Waals surface area contributed by atoms with Crippen molar-refractivity contribution in [2.75, 3.05) is 0 Å². The van der Waals surface area contributed by atoms with Gasteiger partial charge in [-0.3, -0.25) is 14.8 Å². The van der Waals surface area contributed by atoms with E-state index in [-0.39, 0.29) is 0 Å². The van der Waals surface area contributed by atoms with Gasteiger partial charge in [-0.2, -0.15) is 0 Å². The fraction of sp³-hybridized carbons (Fsp3) is 0.250. The fourth-order valence-electron chi connectivity index (χ4n) is 1.97. The second-order valence-corrected chi connectivity index (χ2v) is 5.23. The van der Waals surface area contributed by atoms with Gasteiger partial charge in [-0.25, -0.2) is 5.48 Å². The summed E-state index contributed by atoms with van der Waals surface area (Å²) in [6.07, 6.45) is 3.14. The molecule has 0 aliphatic heterocycles. The molecule has 5 N–H and O–H groups in total. The van der Waals surface area contributed by atoms with Crippen molar-refractivity contribution in [2.24, 2.45) is 5.73 Å². The van der Waals surface area contributed by atoms with Crippen molar-refractivity contribution >= 4 is 11.8 Å². The highest BCUT2D eigenvalue weighted by Crippen LogP contribution is 2.14. The van der Waals surface area contributed by atoms with E-state index in [1.54, 1.807) is 49.8 Å². The molecular formula is C16H19N3O5. The average molecular weight is 333 g/mol. The first-order valence-corrected chi connectivity index (χ1v) is 7.25. The predicted molar refractivity (Wildman–Crippen MR) is 84.3 cm³/mol. The predicted octanol–water partition coefficient (Wildman–Crippen LogP) is 0.810. The van der Waals surface area contributed by atoms with E-state index in [1.807, 2.05) is 0 Å². The maximum Gasteiger partial charge on any atom is 0.267 e. The van der Waals surface area contributed by atoms with Gasteiger partial charge in [-0.15, -0.1) is 0 Å². The summed E-state index contributed by atoms with van der Waals surface area (Å²) in [7, 11) is 0. The fourth-order valence-corrected chi connectivity index (χ4v) is 1.97. The number of ether oxygens (including phenoxy) is 1. The number of amides is 2. The van der Waals surface area contributed by atoms with Crippen LogP contribution in [-0.2, 0) is 11.4 Å². The topological polar surface area (TPSA) is 127 Å². The van der Waals surface area contributed by atoms with Crippen molar-refractivity contribution in [2.45, 2.75) is 25.6 Å². The molecule has 0 spiro atoms. The highest BCUT2D eigenvalue weighted by atomic mass is 16.5. The second-order valence-electron chi connectivity index (χ2n) is 5.23. The zero-order valence-electron chi connectivity index (χ0n) is 13.1. The number of benzene rings is 1. The normalized spacial score (nSPS) is 13.0. The van der Waals surface area contributed by atoms with Gasteiger partial charge in [-0.05, 0) is 37.3 Å². The van der Waals surface area contributed by atoms with E-state index in [2.05, 4.69) is 5.32 Å². The molecule has 0 unspecified atom stereocenters. The minimum Gasteiger partial charge on any atom is -0.489 e. The molecule has 2 rings (SSSR count). The smallest absolute Gasteiger partial charge is 0.267 e. The van der Waals surface area contributed by atoms with E-state index in [0.717, 1.165) is 5.56 Å². The lowest BCUT2D eigenvalue weighted by Gasteiger charge is -2.20. The van der Waals surface area contributed by atoms with E-state index in [9.17, 15) is 9.59 Å². The van der Waals surface area contributed by atoms with Gasteiger partial charge >= 0.3 is 0 Å². The van der Waals surface area contributed by atoms with Crippen LogP contribution in [-0.4, -0.2) is 29.1 Å². The molecule has 1 heterocycles. The Morgan fingerprint density at radius 3 is 2.54 bits per heavy atom. The molecule has 0 aliphatic rings. The first-order valence-electron chi connectivity index (χ1n) is 7.25. The van der Waals surface area contributed by atoms with Crippen LogP contribution in [0, 0.1) is 0 Å². The van der Waals surface area contributed by atoms with Crippen molar-refractivity contribution in [1.82, 2.24) is 10.8 Å². The molecule has 2 atom stereocenters. The Labute approximate surface area is 138 Å². The second kappa shape index (κ2) is 8.14. The number of hydrogen-bond acceptors (Lipinski definition) is 6. The summed E-state index contributed by atoms with van der Waals surface area (Å²) in [6, 6.07) is 6.49. The highest BCUT2D eigenvalue weighted by molar-refractivity contribution is 5.97. The molecular weight excluding hydrogens is 314 g/mol. The summed E-state index contributed by atoms with van der Waals surface area (Å²) >= 11 is 0. The number of hydrogen-bond donors (Lipinski definition) is 4. The number of nitrogens with one attached hydrogen (secondary N) is 2. The molecule has 1 aromatic carbocycles. The number of furan rings is 1. The van der Waals surface area contributed by atoms with Gasteiger partial charge in [0.05, 0.1) is 12.5 Å². The molecule has 8 heteroatoms. The summed E-state index contributed by atoms with van der Waals surface area (Å²) in [5.74, 6) is -0.676. The zero-order chi connectivity index (χ0) is 17.5. The minimum atomic E-state index is -1.04. The average Bonchev–Trinajstić information content (AvgIpc) is 3.10. The molecule has 0 radical (unpaired) electrons. The lowest BCUT2D eigenvalue weighted by Crippen LogP contribution is -2.54. The van der Waals surface area contributed by atoms with Gasteiger partial charge in [0.15, 0.2) is 0 Å². The Morgan fingerprint density at radius 2 is 2.00 bits per heavy atom. The van der Waals surface area contributed by atoms with Crippen molar-refractivity contribution < 1.29 is 24.0 Å². The van der Waals surface area contributed by atoms with Crippen molar-refractivity contribution in [3.63, 3.8) is 0 Å². The summed E-state index contributed by atoms with van der Waals surface area (Å²) in [5.41, 5.74) is 8.35. The number of hydroxylamine groups is 1. The number of carbonyl (C=O) groups excluding carboxylic acids is 2. The van der Waals surface area contributed by atoms with Gasteiger partial charge in [0.1, 0.15) is 18.4 Å². The molecule has 0 aliphatic carbocycles. The summed E-state index contributed by atoms with van der Waals surface area (Å²) in [6.45, 7) is 1.90. The van der Waals surface area contributed by atoms with E-state index >= 15 is 0 Å². The van der Waals surface area contributed by atoms with Crippen LogP contribution in [0.5, 0.6) is 5.75 Å². The van der Waals surface area contributed by atoms with Crippen LogP contribution in [0.1, 0.15) is 22.8 Å². The van der Waals surface area contributed by atoms with Gasteiger partial charge < -0.3 is 20.2 Å². The Balaban J connectivity index is 1.96. The van der Waals surface area contributed by atoms with Crippen LogP contribution in [0.2, 0.25) is 0 Å². The Kier molecular flexibility index (Phi) is 5.94. The van der Waals surface area contributed by atoms with Crippen molar-refractivity contribution in [3.8, 4) is 5.75 Å². The van der Waals surface area contributed by atoms with Crippen molar-refractivity contribution in [1.29, 1.82) is 0 Å². The molecule has 0 fully saturated rings. The first kappa shape index (κ1) is 17.5. The molecule has 8 nitrogen and oxygen atoms in total. The maximum atomic E-state index is 12.2. The van der Waals surface area contributed by atoms with E-state index in [0.29, 0.717) is 17.9 Å². The lowest BCUT2D eigenvalue weighted by atomic mass is 10.1. The van der Waals surface area contributed by atoms with E-state index in [4.69, 9.17) is 20.1 Å². The maximum absolute atomic E-state index is 12.2. The minimum absolute atomic E-state index is 0.335.